The van der Waals surface area contributed by atoms with Gasteiger partial charge in [0.05, 0.1) is 24.7 Å². The molecule has 0 aliphatic carbocycles. The Balaban J connectivity index is 2.81. The largest absolute Gasteiger partial charge is 0.406 e. The predicted molar refractivity (Wildman–Crippen MR) is 62.4 cm³/mol. The van der Waals surface area contributed by atoms with Crippen molar-refractivity contribution in [2.24, 2.45) is 11.8 Å². The molecule has 1 aliphatic rings. The van der Waals surface area contributed by atoms with Gasteiger partial charge in [0.1, 0.15) is 6.54 Å². The Morgan fingerprint density at radius 3 is 2.21 bits per heavy atom. The number of aliphatic hydroxyl groups is 1. The maximum absolute atomic E-state index is 12.4. The average molecular weight is 283 g/mol. The van der Waals surface area contributed by atoms with Crippen molar-refractivity contribution in [1.29, 1.82) is 0 Å². The third kappa shape index (κ3) is 4.07. The molecule has 112 valence electrons. The molecule has 7 heteroatoms. The fraction of sp³-hybridized carbons (Fsp3) is 0.917. The average Bonchev–Trinajstić information content (AvgIpc) is 2.50. The zero-order chi connectivity index (χ0) is 14.8. The van der Waals surface area contributed by atoms with E-state index in [0.29, 0.717) is 4.90 Å². The van der Waals surface area contributed by atoms with Gasteiger partial charge in [-0.05, 0) is 19.8 Å². The molecule has 1 N–H and O–H groups in total. The highest BCUT2D eigenvalue weighted by molar-refractivity contribution is 5.80. The van der Waals surface area contributed by atoms with E-state index in [2.05, 4.69) is 0 Å². The highest BCUT2D eigenvalue weighted by atomic mass is 19.4. The molecular formula is C12H20F3NO3. The highest BCUT2D eigenvalue weighted by Crippen LogP contribution is 2.34. The number of alkyl halides is 3. The van der Waals surface area contributed by atoms with Gasteiger partial charge < -0.3 is 14.7 Å². The van der Waals surface area contributed by atoms with E-state index >= 15 is 0 Å². The zero-order valence-electron chi connectivity index (χ0n) is 11.3. The van der Waals surface area contributed by atoms with E-state index in [1.54, 1.807) is 20.8 Å². The maximum Gasteiger partial charge on any atom is 0.406 e. The molecule has 1 heterocycles. The van der Waals surface area contributed by atoms with Gasteiger partial charge in [-0.3, -0.25) is 4.79 Å². The molecule has 0 aromatic heterocycles. The standard InChI is InChI=1S/C12H20F3NO3/c1-7-8(2)19-9(3)10(7)11(18)16(4-5-17)6-12(13,14)15/h7-10,17H,4-6H2,1-3H3. The van der Waals surface area contributed by atoms with Crippen molar-refractivity contribution < 1.29 is 27.8 Å². The molecule has 4 unspecified atom stereocenters. The van der Waals surface area contributed by atoms with Gasteiger partial charge in [0.25, 0.3) is 0 Å². The normalized spacial score (nSPS) is 31.5. The minimum absolute atomic E-state index is 0.142. The quantitative estimate of drug-likeness (QED) is 0.849. The van der Waals surface area contributed by atoms with Crippen molar-refractivity contribution in [3.63, 3.8) is 0 Å². The van der Waals surface area contributed by atoms with Gasteiger partial charge in [-0.1, -0.05) is 6.92 Å². The summed E-state index contributed by atoms with van der Waals surface area (Å²) in [7, 11) is 0. The topological polar surface area (TPSA) is 49.8 Å². The monoisotopic (exact) mass is 283 g/mol. The highest BCUT2D eigenvalue weighted by Gasteiger charge is 2.45. The minimum Gasteiger partial charge on any atom is -0.395 e. The molecule has 4 atom stereocenters. The molecule has 0 saturated carbocycles. The Morgan fingerprint density at radius 1 is 1.26 bits per heavy atom. The van der Waals surface area contributed by atoms with E-state index in [-0.39, 0.29) is 18.6 Å². The molecule has 0 aromatic rings. The predicted octanol–water partition coefficient (Wildman–Crippen LogP) is 1.43. The minimum atomic E-state index is -4.47. The molecule has 0 bridgehead atoms. The number of ether oxygens (including phenoxy) is 1. The molecule has 1 aliphatic heterocycles. The lowest BCUT2D eigenvalue weighted by atomic mass is 9.88. The Bertz CT molecular complexity index is 322. The Hall–Kier alpha value is -0.820. The van der Waals surface area contributed by atoms with Gasteiger partial charge in [0, 0.05) is 6.54 Å². The molecule has 0 aromatic carbocycles. The van der Waals surface area contributed by atoms with E-state index in [9.17, 15) is 18.0 Å². The number of rotatable bonds is 4. The summed E-state index contributed by atoms with van der Waals surface area (Å²) >= 11 is 0. The number of hydrogen-bond acceptors (Lipinski definition) is 3. The Labute approximate surface area is 110 Å². The lowest BCUT2D eigenvalue weighted by Crippen LogP contribution is -2.46. The summed E-state index contributed by atoms with van der Waals surface area (Å²) in [6.07, 6.45) is -5.04. The molecule has 1 fully saturated rings. The van der Waals surface area contributed by atoms with Crippen molar-refractivity contribution in [3.05, 3.63) is 0 Å². The summed E-state index contributed by atoms with van der Waals surface area (Å²) in [4.78, 5) is 12.9. The second-order valence-corrected chi connectivity index (χ2v) is 5.03. The summed E-state index contributed by atoms with van der Waals surface area (Å²) < 4.78 is 42.8. The molecule has 1 amide bonds. The number of carbonyl (C=O) groups excluding carboxylic acids is 1. The molecular weight excluding hydrogens is 263 g/mol. The van der Waals surface area contributed by atoms with Crippen LogP contribution in [0.3, 0.4) is 0 Å². The molecule has 19 heavy (non-hydrogen) atoms. The van der Waals surface area contributed by atoms with Crippen LogP contribution in [0.2, 0.25) is 0 Å². The third-order valence-corrected chi connectivity index (χ3v) is 3.58. The first kappa shape index (κ1) is 16.2. The van der Waals surface area contributed by atoms with Gasteiger partial charge >= 0.3 is 6.18 Å². The van der Waals surface area contributed by atoms with Crippen LogP contribution in [0, 0.1) is 11.8 Å². The van der Waals surface area contributed by atoms with E-state index in [1.165, 1.54) is 0 Å². The first-order valence-electron chi connectivity index (χ1n) is 6.29. The Morgan fingerprint density at radius 2 is 1.84 bits per heavy atom. The van der Waals surface area contributed by atoms with Gasteiger partial charge in [-0.2, -0.15) is 13.2 Å². The number of halogens is 3. The van der Waals surface area contributed by atoms with Crippen LogP contribution in [-0.4, -0.2) is 54.0 Å². The fourth-order valence-corrected chi connectivity index (χ4v) is 2.51. The summed E-state index contributed by atoms with van der Waals surface area (Å²) in [5.74, 6) is -1.34. The van der Waals surface area contributed by atoms with Crippen molar-refractivity contribution in [1.82, 2.24) is 4.90 Å². The fourth-order valence-electron chi connectivity index (χ4n) is 2.51. The smallest absolute Gasteiger partial charge is 0.395 e. The van der Waals surface area contributed by atoms with Crippen molar-refractivity contribution >= 4 is 5.91 Å². The van der Waals surface area contributed by atoms with Crippen LogP contribution >= 0.6 is 0 Å². The van der Waals surface area contributed by atoms with Crippen molar-refractivity contribution in [3.8, 4) is 0 Å². The molecule has 4 nitrogen and oxygen atoms in total. The number of nitrogens with zero attached hydrogens (tertiary/aromatic N) is 1. The van der Waals surface area contributed by atoms with E-state index in [1.807, 2.05) is 0 Å². The molecule has 0 radical (unpaired) electrons. The van der Waals surface area contributed by atoms with Gasteiger partial charge in [0.2, 0.25) is 5.91 Å². The van der Waals surface area contributed by atoms with E-state index in [4.69, 9.17) is 9.84 Å². The lowest BCUT2D eigenvalue weighted by molar-refractivity contribution is -0.166. The van der Waals surface area contributed by atoms with Crippen LogP contribution in [0.5, 0.6) is 0 Å². The van der Waals surface area contributed by atoms with Gasteiger partial charge in [0.15, 0.2) is 0 Å². The first-order valence-corrected chi connectivity index (χ1v) is 6.29. The van der Waals surface area contributed by atoms with E-state index in [0.717, 1.165) is 0 Å². The zero-order valence-corrected chi connectivity index (χ0v) is 11.3. The second kappa shape index (κ2) is 6.09. The molecule has 1 rings (SSSR count). The van der Waals surface area contributed by atoms with Gasteiger partial charge in [-0.15, -0.1) is 0 Å². The van der Waals surface area contributed by atoms with E-state index < -0.39 is 37.3 Å². The number of amides is 1. The van der Waals surface area contributed by atoms with Crippen LogP contribution < -0.4 is 0 Å². The van der Waals surface area contributed by atoms with Crippen molar-refractivity contribution in [2.45, 2.75) is 39.2 Å². The lowest BCUT2D eigenvalue weighted by Gasteiger charge is -2.28. The molecule has 0 spiro atoms. The van der Waals surface area contributed by atoms with Crippen molar-refractivity contribution in [2.75, 3.05) is 19.7 Å². The number of aliphatic hydroxyl groups excluding tert-OH is 1. The number of hydrogen-bond donors (Lipinski definition) is 1. The van der Waals surface area contributed by atoms with Crippen LogP contribution in [0.1, 0.15) is 20.8 Å². The third-order valence-electron chi connectivity index (χ3n) is 3.58. The summed E-state index contributed by atoms with van der Waals surface area (Å²) in [5.41, 5.74) is 0. The van der Waals surface area contributed by atoms with Crippen LogP contribution in [0.15, 0.2) is 0 Å². The van der Waals surface area contributed by atoms with Crippen LogP contribution in [0.25, 0.3) is 0 Å². The second-order valence-electron chi connectivity index (χ2n) is 5.03. The van der Waals surface area contributed by atoms with Crippen LogP contribution in [-0.2, 0) is 9.53 Å². The summed E-state index contributed by atoms with van der Waals surface area (Å²) in [5, 5.41) is 8.82. The summed E-state index contributed by atoms with van der Waals surface area (Å²) in [6.45, 7) is 3.14. The maximum atomic E-state index is 12.4. The Kier molecular flexibility index (Phi) is 5.20. The van der Waals surface area contributed by atoms with Gasteiger partial charge in [-0.25, -0.2) is 0 Å². The molecule has 1 saturated heterocycles. The SMILES string of the molecule is CC1OC(C)C(C(=O)N(CCO)CC(F)(F)F)C1C. The van der Waals surface area contributed by atoms with Crippen LogP contribution in [0.4, 0.5) is 13.2 Å². The summed E-state index contributed by atoms with van der Waals surface area (Å²) in [6, 6.07) is 0. The number of carbonyl (C=O) groups is 1. The first-order chi connectivity index (χ1) is 8.67.